The van der Waals surface area contributed by atoms with Crippen molar-refractivity contribution in [2.45, 2.75) is 45.3 Å². The fourth-order valence-electron chi connectivity index (χ4n) is 1.75. The van der Waals surface area contributed by atoms with E-state index in [0.29, 0.717) is 13.0 Å². The molecule has 0 spiro atoms. The van der Waals surface area contributed by atoms with Crippen molar-refractivity contribution in [2.75, 3.05) is 13.7 Å². The Labute approximate surface area is 106 Å². The molecule has 0 unspecified atom stereocenters. The van der Waals surface area contributed by atoms with Crippen LogP contribution in [-0.4, -0.2) is 48.0 Å². The van der Waals surface area contributed by atoms with E-state index in [9.17, 15) is 14.4 Å². The summed E-state index contributed by atoms with van der Waals surface area (Å²) in [5.74, 6) is -1.02. The van der Waals surface area contributed by atoms with E-state index in [1.807, 2.05) is 0 Å². The smallest absolute Gasteiger partial charge is 0.411 e. The van der Waals surface area contributed by atoms with Crippen LogP contribution in [0.15, 0.2) is 0 Å². The first-order valence-electron chi connectivity index (χ1n) is 5.86. The van der Waals surface area contributed by atoms with Crippen molar-refractivity contribution in [2.24, 2.45) is 0 Å². The number of ketones is 1. The minimum Gasteiger partial charge on any atom is -0.467 e. The Kier molecular flexibility index (Phi) is 4.32. The number of nitrogens with zero attached hydrogens (tertiary/aromatic N) is 1. The highest BCUT2D eigenvalue weighted by atomic mass is 16.6. The van der Waals surface area contributed by atoms with E-state index >= 15 is 0 Å². The second-order valence-electron chi connectivity index (χ2n) is 5.17. The van der Waals surface area contributed by atoms with Gasteiger partial charge < -0.3 is 9.47 Å². The SMILES string of the molecule is COC(=O)[C@H]1C(=O)CCCN1C(=O)OC(C)(C)C. The molecule has 1 saturated heterocycles. The first-order valence-corrected chi connectivity index (χ1v) is 5.86. The zero-order valence-corrected chi connectivity index (χ0v) is 11.2. The Hall–Kier alpha value is -1.59. The molecule has 1 fully saturated rings. The van der Waals surface area contributed by atoms with E-state index in [4.69, 9.17) is 4.74 Å². The molecule has 1 aliphatic rings. The molecule has 6 heteroatoms. The van der Waals surface area contributed by atoms with Crippen molar-refractivity contribution in [3.8, 4) is 0 Å². The Bertz CT molecular complexity index is 350. The molecule has 1 rings (SSSR count). The van der Waals surface area contributed by atoms with Gasteiger partial charge in [-0.05, 0) is 27.2 Å². The molecule has 0 bridgehead atoms. The fraction of sp³-hybridized carbons (Fsp3) is 0.750. The Morgan fingerprint density at radius 2 is 1.94 bits per heavy atom. The number of rotatable bonds is 1. The van der Waals surface area contributed by atoms with Crippen LogP contribution in [0, 0.1) is 0 Å². The van der Waals surface area contributed by atoms with Crippen molar-refractivity contribution >= 4 is 17.8 Å². The number of esters is 1. The molecule has 6 nitrogen and oxygen atoms in total. The second kappa shape index (κ2) is 5.37. The molecule has 0 N–H and O–H groups in total. The molecule has 0 saturated carbocycles. The fourth-order valence-corrected chi connectivity index (χ4v) is 1.75. The van der Waals surface area contributed by atoms with E-state index in [1.54, 1.807) is 20.8 Å². The third-order valence-corrected chi connectivity index (χ3v) is 2.49. The van der Waals surface area contributed by atoms with Gasteiger partial charge in [0.15, 0.2) is 11.8 Å². The molecule has 0 aromatic heterocycles. The number of carbonyl (C=O) groups is 3. The normalized spacial score (nSPS) is 20.6. The lowest BCUT2D eigenvalue weighted by Gasteiger charge is -2.34. The van der Waals surface area contributed by atoms with Gasteiger partial charge in [0.05, 0.1) is 7.11 Å². The molecule has 1 atom stereocenters. The van der Waals surface area contributed by atoms with Crippen LogP contribution in [0.5, 0.6) is 0 Å². The molecule has 102 valence electrons. The summed E-state index contributed by atoms with van der Waals surface area (Å²) in [7, 11) is 1.19. The van der Waals surface area contributed by atoms with Crippen molar-refractivity contribution < 1.29 is 23.9 Å². The number of methoxy groups -OCH3 is 1. The third-order valence-electron chi connectivity index (χ3n) is 2.49. The summed E-state index contributed by atoms with van der Waals surface area (Å²) in [4.78, 5) is 36.4. The molecule has 0 aromatic rings. The van der Waals surface area contributed by atoms with Gasteiger partial charge in [-0.2, -0.15) is 0 Å². The van der Waals surface area contributed by atoms with Gasteiger partial charge in [-0.25, -0.2) is 9.59 Å². The maximum absolute atomic E-state index is 11.9. The minimum atomic E-state index is -1.17. The third kappa shape index (κ3) is 3.45. The summed E-state index contributed by atoms with van der Waals surface area (Å²) >= 11 is 0. The molecule has 18 heavy (non-hydrogen) atoms. The molecular formula is C12H19NO5. The van der Waals surface area contributed by atoms with Gasteiger partial charge >= 0.3 is 12.1 Å². The van der Waals surface area contributed by atoms with Gasteiger partial charge in [-0.3, -0.25) is 9.69 Å². The number of hydrogen-bond acceptors (Lipinski definition) is 5. The zero-order chi connectivity index (χ0) is 13.9. The summed E-state index contributed by atoms with van der Waals surface area (Å²) in [6.45, 7) is 5.50. The minimum absolute atomic E-state index is 0.277. The lowest BCUT2D eigenvalue weighted by molar-refractivity contribution is -0.152. The molecule has 0 aliphatic carbocycles. The number of carbonyl (C=O) groups excluding carboxylic acids is 3. The van der Waals surface area contributed by atoms with Gasteiger partial charge in [0.25, 0.3) is 0 Å². The standard InChI is InChI=1S/C12H19NO5/c1-12(2,3)18-11(16)13-7-5-6-8(14)9(13)10(15)17-4/h9H,5-7H2,1-4H3/t9-/m1/s1. The first kappa shape index (κ1) is 14.5. The predicted octanol–water partition coefficient (Wildman–Crippen LogP) is 1.13. The number of amides is 1. The number of likely N-dealkylation sites (tertiary alicyclic amines) is 1. The van der Waals surface area contributed by atoms with Gasteiger partial charge in [-0.15, -0.1) is 0 Å². The highest BCUT2D eigenvalue weighted by Crippen LogP contribution is 2.19. The lowest BCUT2D eigenvalue weighted by atomic mass is 10.0. The van der Waals surface area contributed by atoms with Crippen LogP contribution in [0.2, 0.25) is 0 Å². The number of piperidine rings is 1. The largest absolute Gasteiger partial charge is 0.467 e. The summed E-state index contributed by atoms with van der Waals surface area (Å²) in [5.41, 5.74) is -0.668. The van der Waals surface area contributed by atoms with Crippen LogP contribution in [0.3, 0.4) is 0 Å². The lowest BCUT2D eigenvalue weighted by Crippen LogP contribution is -2.54. The van der Waals surface area contributed by atoms with Gasteiger partial charge in [0.2, 0.25) is 0 Å². The quantitative estimate of drug-likeness (QED) is 0.520. The highest BCUT2D eigenvalue weighted by Gasteiger charge is 2.40. The van der Waals surface area contributed by atoms with Crippen molar-refractivity contribution in [1.29, 1.82) is 0 Å². The Morgan fingerprint density at radius 3 is 2.44 bits per heavy atom. The van der Waals surface area contributed by atoms with Crippen molar-refractivity contribution in [1.82, 2.24) is 4.90 Å². The molecule has 0 aromatic carbocycles. The topological polar surface area (TPSA) is 72.9 Å². The second-order valence-corrected chi connectivity index (χ2v) is 5.17. The summed E-state index contributed by atoms with van der Waals surface area (Å²) in [6, 6.07) is -1.17. The average Bonchev–Trinajstić information content (AvgIpc) is 2.25. The average molecular weight is 257 g/mol. The summed E-state index contributed by atoms with van der Waals surface area (Å²) in [5, 5.41) is 0. The number of ether oxygens (including phenoxy) is 2. The summed E-state index contributed by atoms with van der Waals surface area (Å²) < 4.78 is 9.74. The van der Waals surface area contributed by atoms with E-state index in [1.165, 1.54) is 7.11 Å². The monoisotopic (exact) mass is 257 g/mol. The molecule has 1 amide bonds. The van der Waals surface area contributed by atoms with E-state index in [2.05, 4.69) is 4.74 Å². The first-order chi connectivity index (χ1) is 8.26. The number of Topliss-reactive ketones (excluding diaryl/α,β-unsaturated/α-hetero) is 1. The molecule has 1 aliphatic heterocycles. The van der Waals surface area contributed by atoms with Crippen LogP contribution >= 0.6 is 0 Å². The van der Waals surface area contributed by atoms with Gasteiger partial charge in [-0.1, -0.05) is 0 Å². The Morgan fingerprint density at radius 1 is 1.33 bits per heavy atom. The predicted molar refractivity (Wildman–Crippen MR) is 63.0 cm³/mol. The number of hydrogen-bond donors (Lipinski definition) is 0. The van der Waals surface area contributed by atoms with Crippen LogP contribution in [0.1, 0.15) is 33.6 Å². The van der Waals surface area contributed by atoms with Crippen molar-refractivity contribution in [3.05, 3.63) is 0 Å². The zero-order valence-electron chi connectivity index (χ0n) is 11.2. The molecular weight excluding hydrogens is 238 g/mol. The Balaban J connectivity index is 2.86. The van der Waals surface area contributed by atoms with Crippen LogP contribution in [0.4, 0.5) is 4.79 Å². The maximum Gasteiger partial charge on any atom is 0.411 e. The maximum atomic E-state index is 11.9. The van der Waals surface area contributed by atoms with Crippen LogP contribution < -0.4 is 0 Å². The molecule has 0 radical (unpaired) electrons. The van der Waals surface area contributed by atoms with Crippen LogP contribution in [-0.2, 0) is 19.1 Å². The van der Waals surface area contributed by atoms with E-state index in [0.717, 1.165) is 4.90 Å². The van der Waals surface area contributed by atoms with Crippen molar-refractivity contribution in [3.63, 3.8) is 0 Å². The van der Waals surface area contributed by atoms with E-state index in [-0.39, 0.29) is 12.2 Å². The van der Waals surface area contributed by atoms with Gasteiger partial charge in [0, 0.05) is 13.0 Å². The molecule has 1 heterocycles. The van der Waals surface area contributed by atoms with E-state index < -0.39 is 23.7 Å². The van der Waals surface area contributed by atoms with Crippen LogP contribution in [0.25, 0.3) is 0 Å². The van der Waals surface area contributed by atoms with Gasteiger partial charge in [0.1, 0.15) is 5.60 Å². The summed E-state index contributed by atoms with van der Waals surface area (Å²) in [6.07, 6.45) is 0.149. The highest BCUT2D eigenvalue weighted by molar-refractivity contribution is 6.05.